The number of benzene rings is 1. The van der Waals surface area contributed by atoms with Gasteiger partial charge in [-0.05, 0) is 64.7 Å². The SMILES string of the molecule is CC(C)N(C)CCCNCCOc1ccc(C(=O)O)cc1. The molecule has 0 fully saturated rings. The molecule has 0 amide bonds. The van der Waals surface area contributed by atoms with Gasteiger partial charge in [0.05, 0.1) is 5.56 Å². The minimum atomic E-state index is -0.922. The summed E-state index contributed by atoms with van der Waals surface area (Å²) in [6.45, 7) is 7.80. The van der Waals surface area contributed by atoms with Crippen molar-refractivity contribution in [1.29, 1.82) is 0 Å². The van der Waals surface area contributed by atoms with Crippen LogP contribution in [0.25, 0.3) is 0 Å². The minimum absolute atomic E-state index is 0.273. The monoisotopic (exact) mass is 294 g/mol. The largest absolute Gasteiger partial charge is 0.492 e. The zero-order valence-electron chi connectivity index (χ0n) is 13.1. The first kappa shape index (κ1) is 17.5. The van der Waals surface area contributed by atoms with Crippen LogP contribution < -0.4 is 10.1 Å². The van der Waals surface area contributed by atoms with Crippen molar-refractivity contribution in [2.75, 3.05) is 33.3 Å². The van der Waals surface area contributed by atoms with Crippen LogP contribution in [0, 0.1) is 0 Å². The van der Waals surface area contributed by atoms with Crippen molar-refractivity contribution >= 4 is 5.97 Å². The van der Waals surface area contributed by atoms with E-state index in [1.165, 1.54) is 0 Å². The maximum Gasteiger partial charge on any atom is 0.335 e. The van der Waals surface area contributed by atoms with Crippen molar-refractivity contribution in [2.45, 2.75) is 26.3 Å². The number of nitrogens with zero attached hydrogens (tertiary/aromatic N) is 1. The molecule has 1 aromatic carbocycles. The second-order valence-electron chi connectivity index (χ2n) is 5.36. The number of rotatable bonds is 10. The Balaban J connectivity index is 2.08. The molecule has 0 spiro atoms. The number of carboxylic acids is 1. The normalized spacial score (nSPS) is 11.1. The molecule has 0 aliphatic rings. The van der Waals surface area contributed by atoms with Crippen LogP contribution in [0.5, 0.6) is 5.75 Å². The van der Waals surface area contributed by atoms with Crippen molar-refractivity contribution in [3.8, 4) is 5.75 Å². The van der Waals surface area contributed by atoms with E-state index in [0.717, 1.165) is 26.1 Å². The Kier molecular flexibility index (Phi) is 7.79. The topological polar surface area (TPSA) is 61.8 Å². The molecule has 5 nitrogen and oxygen atoms in total. The van der Waals surface area contributed by atoms with E-state index in [1.807, 2.05) is 0 Å². The minimum Gasteiger partial charge on any atom is -0.492 e. The molecule has 0 unspecified atom stereocenters. The van der Waals surface area contributed by atoms with E-state index in [9.17, 15) is 4.79 Å². The summed E-state index contributed by atoms with van der Waals surface area (Å²) in [6.07, 6.45) is 1.11. The molecule has 5 heteroatoms. The van der Waals surface area contributed by atoms with Crippen LogP contribution in [0.3, 0.4) is 0 Å². The van der Waals surface area contributed by atoms with Crippen LogP contribution in [0.15, 0.2) is 24.3 Å². The molecule has 0 saturated heterocycles. The maximum absolute atomic E-state index is 10.7. The highest BCUT2D eigenvalue weighted by Crippen LogP contribution is 2.11. The number of hydrogen-bond donors (Lipinski definition) is 2. The van der Waals surface area contributed by atoms with E-state index in [2.05, 4.69) is 31.1 Å². The average Bonchev–Trinajstić information content (AvgIpc) is 2.46. The highest BCUT2D eigenvalue weighted by atomic mass is 16.5. The third-order valence-electron chi connectivity index (χ3n) is 3.39. The number of carboxylic acid groups (broad SMARTS) is 1. The first-order valence-corrected chi connectivity index (χ1v) is 7.38. The molecular formula is C16H26N2O3. The number of hydrogen-bond acceptors (Lipinski definition) is 4. The van der Waals surface area contributed by atoms with E-state index < -0.39 is 5.97 Å². The molecule has 0 saturated carbocycles. The van der Waals surface area contributed by atoms with Crippen molar-refractivity contribution in [1.82, 2.24) is 10.2 Å². The van der Waals surface area contributed by atoms with E-state index >= 15 is 0 Å². The summed E-state index contributed by atoms with van der Waals surface area (Å²) in [5.41, 5.74) is 0.273. The maximum atomic E-state index is 10.7. The summed E-state index contributed by atoms with van der Waals surface area (Å²) >= 11 is 0. The second-order valence-corrected chi connectivity index (χ2v) is 5.36. The molecule has 118 valence electrons. The van der Waals surface area contributed by atoms with Gasteiger partial charge in [-0.2, -0.15) is 0 Å². The van der Waals surface area contributed by atoms with Crippen molar-refractivity contribution in [3.05, 3.63) is 29.8 Å². The van der Waals surface area contributed by atoms with Crippen LogP contribution in [0.4, 0.5) is 0 Å². The zero-order chi connectivity index (χ0) is 15.7. The predicted molar refractivity (Wildman–Crippen MR) is 84.1 cm³/mol. The van der Waals surface area contributed by atoms with Gasteiger partial charge in [0.2, 0.25) is 0 Å². The van der Waals surface area contributed by atoms with E-state index in [0.29, 0.717) is 18.4 Å². The Bertz CT molecular complexity index is 418. The number of nitrogens with one attached hydrogen (secondary N) is 1. The summed E-state index contributed by atoms with van der Waals surface area (Å²) in [5, 5.41) is 12.1. The Hall–Kier alpha value is -1.59. The van der Waals surface area contributed by atoms with E-state index in [4.69, 9.17) is 9.84 Å². The zero-order valence-corrected chi connectivity index (χ0v) is 13.1. The average molecular weight is 294 g/mol. The molecule has 0 radical (unpaired) electrons. The Morgan fingerprint density at radius 3 is 2.52 bits per heavy atom. The highest BCUT2D eigenvalue weighted by Gasteiger charge is 2.03. The van der Waals surface area contributed by atoms with Gasteiger partial charge in [0, 0.05) is 12.6 Å². The van der Waals surface area contributed by atoms with Gasteiger partial charge in [-0.15, -0.1) is 0 Å². The molecule has 0 heterocycles. The molecule has 21 heavy (non-hydrogen) atoms. The van der Waals surface area contributed by atoms with Gasteiger partial charge in [0.1, 0.15) is 12.4 Å². The van der Waals surface area contributed by atoms with Crippen LogP contribution in [0.1, 0.15) is 30.6 Å². The van der Waals surface area contributed by atoms with Gasteiger partial charge in [-0.25, -0.2) is 4.79 Å². The summed E-state index contributed by atoms with van der Waals surface area (Å²) in [5.74, 6) is -0.226. The van der Waals surface area contributed by atoms with Gasteiger partial charge in [0.15, 0.2) is 0 Å². The Morgan fingerprint density at radius 2 is 1.95 bits per heavy atom. The van der Waals surface area contributed by atoms with Crippen molar-refractivity contribution in [3.63, 3.8) is 0 Å². The first-order valence-electron chi connectivity index (χ1n) is 7.38. The smallest absolute Gasteiger partial charge is 0.335 e. The highest BCUT2D eigenvalue weighted by molar-refractivity contribution is 5.87. The van der Waals surface area contributed by atoms with Gasteiger partial charge >= 0.3 is 5.97 Å². The Labute approximate surface area is 126 Å². The van der Waals surface area contributed by atoms with Crippen LogP contribution in [-0.4, -0.2) is 55.3 Å². The fraction of sp³-hybridized carbons (Fsp3) is 0.562. The van der Waals surface area contributed by atoms with E-state index in [-0.39, 0.29) is 5.56 Å². The molecule has 0 atom stereocenters. The summed E-state index contributed by atoms with van der Waals surface area (Å²) in [7, 11) is 2.13. The lowest BCUT2D eigenvalue weighted by atomic mass is 10.2. The molecular weight excluding hydrogens is 268 g/mol. The first-order chi connectivity index (χ1) is 10.0. The van der Waals surface area contributed by atoms with Crippen molar-refractivity contribution in [2.24, 2.45) is 0 Å². The predicted octanol–water partition coefficient (Wildman–Crippen LogP) is 2.08. The molecule has 0 bridgehead atoms. The summed E-state index contributed by atoms with van der Waals surface area (Å²) in [4.78, 5) is 13.0. The fourth-order valence-electron chi connectivity index (χ4n) is 1.77. The van der Waals surface area contributed by atoms with Gasteiger partial charge in [-0.1, -0.05) is 0 Å². The van der Waals surface area contributed by atoms with Crippen LogP contribution >= 0.6 is 0 Å². The van der Waals surface area contributed by atoms with E-state index in [1.54, 1.807) is 24.3 Å². The fourth-order valence-corrected chi connectivity index (χ4v) is 1.77. The van der Waals surface area contributed by atoms with Gasteiger partial charge in [0.25, 0.3) is 0 Å². The standard InChI is InChI=1S/C16H26N2O3/c1-13(2)18(3)11-4-9-17-10-12-21-15-7-5-14(6-8-15)16(19)20/h5-8,13,17H,4,9-12H2,1-3H3,(H,19,20). The lowest BCUT2D eigenvalue weighted by Crippen LogP contribution is -2.30. The third-order valence-corrected chi connectivity index (χ3v) is 3.39. The molecule has 2 N–H and O–H groups in total. The van der Waals surface area contributed by atoms with Gasteiger partial charge in [-0.3, -0.25) is 0 Å². The second kappa shape index (κ2) is 9.37. The summed E-state index contributed by atoms with van der Waals surface area (Å²) in [6, 6.07) is 7.05. The van der Waals surface area contributed by atoms with Crippen molar-refractivity contribution < 1.29 is 14.6 Å². The number of carbonyl (C=O) groups is 1. The molecule has 0 aliphatic carbocycles. The van der Waals surface area contributed by atoms with Gasteiger partial charge < -0.3 is 20.1 Å². The number of ether oxygens (including phenoxy) is 1. The molecule has 1 aromatic rings. The molecule has 1 rings (SSSR count). The van der Waals surface area contributed by atoms with Crippen LogP contribution in [0.2, 0.25) is 0 Å². The molecule has 0 aromatic heterocycles. The third kappa shape index (κ3) is 7.11. The lowest BCUT2D eigenvalue weighted by molar-refractivity contribution is 0.0697. The quantitative estimate of drug-likeness (QED) is 0.647. The summed E-state index contributed by atoms with van der Waals surface area (Å²) < 4.78 is 5.54. The lowest BCUT2D eigenvalue weighted by Gasteiger charge is -2.20. The Morgan fingerprint density at radius 1 is 1.29 bits per heavy atom. The molecule has 0 aliphatic heterocycles. The van der Waals surface area contributed by atoms with Crippen LogP contribution in [-0.2, 0) is 0 Å². The number of aromatic carboxylic acids is 1.